The molecule has 4 nitrogen and oxygen atoms in total. The van der Waals surface area contributed by atoms with Crippen molar-refractivity contribution in [2.24, 2.45) is 11.8 Å². The molecule has 0 N–H and O–H groups in total. The van der Waals surface area contributed by atoms with Crippen molar-refractivity contribution < 1.29 is 13.2 Å². The number of sulfone groups is 1. The molecule has 2 heterocycles. The van der Waals surface area contributed by atoms with E-state index in [0.29, 0.717) is 24.0 Å². The van der Waals surface area contributed by atoms with Gasteiger partial charge in [0, 0.05) is 24.2 Å². The third-order valence-corrected chi connectivity index (χ3v) is 6.55. The highest BCUT2D eigenvalue weighted by Crippen LogP contribution is 2.33. The molecule has 22 heavy (non-hydrogen) atoms. The van der Waals surface area contributed by atoms with Crippen LogP contribution in [0.5, 0.6) is 0 Å². The lowest BCUT2D eigenvalue weighted by Gasteiger charge is -2.45. The number of rotatable bonds is 3. The fraction of sp³-hybridized carbons (Fsp3) is 0.438. The number of hydrogen-bond donors (Lipinski definition) is 0. The fourth-order valence-corrected chi connectivity index (χ4v) is 4.90. The maximum atomic E-state index is 12.2. The number of amides is 1. The number of hydrogen-bond acceptors (Lipinski definition) is 3. The summed E-state index contributed by atoms with van der Waals surface area (Å²) in [5.41, 5.74) is 1.81. The van der Waals surface area contributed by atoms with E-state index in [1.54, 1.807) is 17.0 Å². The number of benzene rings is 1. The summed E-state index contributed by atoms with van der Waals surface area (Å²) in [5.74, 6) is 1.14. The van der Waals surface area contributed by atoms with E-state index >= 15 is 0 Å². The Morgan fingerprint density at radius 2 is 1.95 bits per heavy atom. The van der Waals surface area contributed by atoms with Gasteiger partial charge in [0.1, 0.15) is 0 Å². The van der Waals surface area contributed by atoms with Crippen LogP contribution >= 0.6 is 11.6 Å². The number of carbonyl (C=O) groups excluding carboxylic acids is 1. The second-order valence-electron chi connectivity index (χ2n) is 6.18. The summed E-state index contributed by atoms with van der Waals surface area (Å²) in [6.07, 6.45) is 1.62. The monoisotopic (exact) mass is 339 g/mol. The summed E-state index contributed by atoms with van der Waals surface area (Å²) in [4.78, 5) is 14.0. The molecule has 118 valence electrons. The van der Waals surface area contributed by atoms with E-state index in [-0.39, 0.29) is 23.3 Å². The molecular weight excluding hydrogens is 322 g/mol. The molecule has 2 aliphatic heterocycles. The normalized spacial score (nSPS) is 22.1. The van der Waals surface area contributed by atoms with E-state index < -0.39 is 9.84 Å². The smallest absolute Gasteiger partial charge is 0.246 e. The number of likely N-dealkylation sites (tertiary alicyclic amines) is 1. The van der Waals surface area contributed by atoms with Crippen LogP contribution in [0.4, 0.5) is 0 Å². The fourth-order valence-electron chi connectivity index (χ4n) is 2.96. The number of carbonyl (C=O) groups is 1. The zero-order chi connectivity index (χ0) is 15.9. The Balaban J connectivity index is 1.56. The highest BCUT2D eigenvalue weighted by Gasteiger charge is 2.44. The predicted molar refractivity (Wildman–Crippen MR) is 87.3 cm³/mol. The van der Waals surface area contributed by atoms with Gasteiger partial charge >= 0.3 is 0 Å². The molecule has 1 amide bonds. The minimum atomic E-state index is -2.78. The summed E-state index contributed by atoms with van der Waals surface area (Å²) in [7, 11) is -2.78. The van der Waals surface area contributed by atoms with Gasteiger partial charge in [0.25, 0.3) is 0 Å². The lowest BCUT2D eigenvalue weighted by molar-refractivity contribution is -0.133. The molecule has 1 aromatic carbocycles. The molecule has 0 aromatic heterocycles. The van der Waals surface area contributed by atoms with Crippen molar-refractivity contribution >= 4 is 32.9 Å². The summed E-state index contributed by atoms with van der Waals surface area (Å²) in [6.45, 7) is 3.22. The Morgan fingerprint density at radius 3 is 2.55 bits per heavy atom. The van der Waals surface area contributed by atoms with E-state index in [9.17, 15) is 13.2 Å². The lowest BCUT2D eigenvalue weighted by atomic mass is 9.87. The summed E-state index contributed by atoms with van der Waals surface area (Å²) in [6, 6.07) is 7.41. The van der Waals surface area contributed by atoms with Crippen LogP contribution in [0.2, 0.25) is 5.02 Å². The third kappa shape index (κ3) is 3.20. The van der Waals surface area contributed by atoms with E-state index in [1.165, 1.54) is 0 Å². The first-order valence-electron chi connectivity index (χ1n) is 7.27. The van der Waals surface area contributed by atoms with Crippen molar-refractivity contribution in [3.63, 3.8) is 0 Å². The standard InChI is InChI=1S/C16H18ClNO3S/c1-11(12-3-2-4-15(17)6-12)5-16(19)18-7-13(8-18)14-9-22(20,21)10-14/h2-6,13-14H,7-10H2,1H3/b11-5+. The highest BCUT2D eigenvalue weighted by molar-refractivity contribution is 7.92. The minimum absolute atomic E-state index is 0.0177. The average Bonchev–Trinajstić information content (AvgIpc) is 2.34. The van der Waals surface area contributed by atoms with Gasteiger partial charge < -0.3 is 4.90 Å². The van der Waals surface area contributed by atoms with Gasteiger partial charge in [0.2, 0.25) is 5.91 Å². The van der Waals surface area contributed by atoms with Gasteiger partial charge in [-0.15, -0.1) is 0 Å². The van der Waals surface area contributed by atoms with Crippen molar-refractivity contribution in [1.29, 1.82) is 0 Å². The van der Waals surface area contributed by atoms with Crippen molar-refractivity contribution in [3.05, 3.63) is 40.9 Å². The molecule has 2 fully saturated rings. The Morgan fingerprint density at radius 1 is 1.27 bits per heavy atom. The quantitative estimate of drug-likeness (QED) is 0.794. The lowest BCUT2D eigenvalue weighted by Crippen LogP contribution is -2.57. The second kappa shape index (κ2) is 5.70. The van der Waals surface area contributed by atoms with Crippen LogP contribution in [-0.2, 0) is 14.6 Å². The van der Waals surface area contributed by atoms with Crippen LogP contribution in [-0.4, -0.2) is 43.8 Å². The SMILES string of the molecule is C/C(=C\C(=O)N1CC(C2CS(=O)(=O)C2)C1)c1cccc(Cl)c1. The number of nitrogens with zero attached hydrogens (tertiary/aromatic N) is 1. The zero-order valence-corrected chi connectivity index (χ0v) is 13.9. The summed E-state index contributed by atoms with van der Waals surface area (Å²) >= 11 is 5.95. The van der Waals surface area contributed by atoms with E-state index in [4.69, 9.17) is 11.6 Å². The maximum absolute atomic E-state index is 12.2. The largest absolute Gasteiger partial charge is 0.338 e. The molecule has 0 radical (unpaired) electrons. The van der Waals surface area contributed by atoms with Gasteiger partial charge in [-0.25, -0.2) is 8.42 Å². The van der Waals surface area contributed by atoms with Gasteiger partial charge in [-0.1, -0.05) is 23.7 Å². The predicted octanol–water partition coefficient (Wildman–Crippen LogP) is 2.25. The first-order valence-corrected chi connectivity index (χ1v) is 9.47. The molecule has 0 aliphatic carbocycles. The van der Waals surface area contributed by atoms with Gasteiger partial charge in [0.05, 0.1) is 11.5 Å². The molecule has 1 aromatic rings. The summed E-state index contributed by atoms with van der Waals surface area (Å²) in [5, 5.41) is 0.646. The van der Waals surface area contributed by atoms with Crippen LogP contribution in [0.25, 0.3) is 5.57 Å². The van der Waals surface area contributed by atoms with Gasteiger partial charge in [0.15, 0.2) is 9.84 Å². The van der Waals surface area contributed by atoms with Crippen molar-refractivity contribution in [2.45, 2.75) is 6.92 Å². The molecule has 2 saturated heterocycles. The van der Waals surface area contributed by atoms with E-state index in [1.807, 2.05) is 25.1 Å². The van der Waals surface area contributed by atoms with Crippen molar-refractivity contribution in [1.82, 2.24) is 4.90 Å². The zero-order valence-electron chi connectivity index (χ0n) is 12.3. The van der Waals surface area contributed by atoms with Gasteiger partial charge in [-0.3, -0.25) is 4.79 Å². The van der Waals surface area contributed by atoms with Crippen LogP contribution in [0.1, 0.15) is 12.5 Å². The molecule has 6 heteroatoms. The number of halogens is 1. The first kappa shape index (κ1) is 15.6. The second-order valence-corrected chi connectivity index (χ2v) is 8.77. The Hall–Kier alpha value is -1.33. The van der Waals surface area contributed by atoms with E-state index in [2.05, 4.69) is 0 Å². The van der Waals surface area contributed by atoms with Crippen molar-refractivity contribution in [2.75, 3.05) is 24.6 Å². The van der Waals surface area contributed by atoms with Crippen LogP contribution in [0.3, 0.4) is 0 Å². The minimum Gasteiger partial charge on any atom is -0.338 e. The topological polar surface area (TPSA) is 54.5 Å². The molecule has 0 bridgehead atoms. The molecule has 0 atom stereocenters. The first-order chi connectivity index (χ1) is 10.3. The number of allylic oxidation sites excluding steroid dienone is 1. The Kier molecular flexibility index (Phi) is 4.03. The molecular formula is C16H18ClNO3S. The summed E-state index contributed by atoms with van der Waals surface area (Å²) < 4.78 is 22.4. The Labute approximate surface area is 135 Å². The van der Waals surface area contributed by atoms with Crippen molar-refractivity contribution in [3.8, 4) is 0 Å². The molecule has 0 saturated carbocycles. The highest BCUT2D eigenvalue weighted by atomic mass is 35.5. The molecule has 2 aliphatic rings. The van der Waals surface area contributed by atoms with Gasteiger partial charge in [-0.05, 0) is 42.0 Å². The Bertz CT molecular complexity index is 724. The van der Waals surface area contributed by atoms with Crippen LogP contribution < -0.4 is 0 Å². The van der Waals surface area contributed by atoms with Crippen LogP contribution in [0, 0.1) is 11.8 Å². The average molecular weight is 340 g/mol. The molecule has 3 rings (SSSR count). The maximum Gasteiger partial charge on any atom is 0.246 e. The van der Waals surface area contributed by atoms with E-state index in [0.717, 1.165) is 11.1 Å². The molecule has 0 spiro atoms. The molecule has 0 unspecified atom stereocenters. The van der Waals surface area contributed by atoms with Crippen LogP contribution in [0.15, 0.2) is 30.3 Å². The van der Waals surface area contributed by atoms with Gasteiger partial charge in [-0.2, -0.15) is 0 Å². The third-order valence-electron chi connectivity index (χ3n) is 4.44.